The Balaban J connectivity index is 3.69. The summed E-state index contributed by atoms with van der Waals surface area (Å²) in [4.78, 5) is 21.4. The zero-order valence-electron chi connectivity index (χ0n) is 8.46. The summed E-state index contributed by atoms with van der Waals surface area (Å²) in [7, 11) is 0. The van der Waals surface area contributed by atoms with Crippen LogP contribution in [0.5, 0.6) is 0 Å². The Morgan fingerprint density at radius 3 is 2.57 bits per heavy atom. The van der Waals surface area contributed by atoms with Crippen molar-refractivity contribution in [2.45, 2.75) is 26.7 Å². The second-order valence-electron chi connectivity index (χ2n) is 3.11. The van der Waals surface area contributed by atoms with Gasteiger partial charge >= 0.3 is 5.97 Å². The quantitative estimate of drug-likeness (QED) is 0.635. The van der Waals surface area contributed by atoms with Gasteiger partial charge < -0.3 is 10.4 Å². The normalized spacial score (nSPS) is 11.0. The molecule has 0 heterocycles. The van der Waals surface area contributed by atoms with E-state index in [1.54, 1.807) is 13.8 Å². The number of carboxylic acids is 1. The second kappa shape index (κ2) is 6.96. The highest BCUT2D eigenvalue weighted by Crippen LogP contribution is 2.06. The molecule has 1 atom stereocenters. The van der Waals surface area contributed by atoms with E-state index in [2.05, 4.69) is 17.2 Å². The Hall–Kier alpha value is -1.50. The minimum atomic E-state index is -0.876. The van der Waals surface area contributed by atoms with E-state index in [0.717, 1.165) is 0 Å². The van der Waals surface area contributed by atoms with Gasteiger partial charge in [-0.2, -0.15) is 0 Å². The van der Waals surface area contributed by atoms with Gasteiger partial charge in [-0.05, 0) is 12.8 Å². The fourth-order valence-electron chi connectivity index (χ4n) is 0.990. The first kappa shape index (κ1) is 12.5. The third-order valence-corrected chi connectivity index (χ3v) is 1.61. The number of carbonyl (C=O) groups is 2. The Labute approximate surface area is 83.7 Å². The standard InChI is InChI=1S/C10H15NO3/c1-3-4-5-11-9(12)6-8(2)7-10(13)14/h8H,5-7H2,1-2H3,(H,11,12)(H,13,14). The van der Waals surface area contributed by atoms with Crippen LogP contribution in [0.25, 0.3) is 0 Å². The molecule has 0 fully saturated rings. The van der Waals surface area contributed by atoms with Gasteiger partial charge in [0.1, 0.15) is 0 Å². The van der Waals surface area contributed by atoms with Gasteiger partial charge in [0, 0.05) is 12.8 Å². The molecule has 0 aromatic rings. The van der Waals surface area contributed by atoms with Crippen molar-refractivity contribution in [2.75, 3.05) is 6.54 Å². The van der Waals surface area contributed by atoms with E-state index in [1.165, 1.54) is 0 Å². The van der Waals surface area contributed by atoms with Gasteiger partial charge in [-0.15, -0.1) is 5.92 Å². The van der Waals surface area contributed by atoms with E-state index < -0.39 is 5.97 Å². The third kappa shape index (κ3) is 7.17. The average Bonchev–Trinajstić information content (AvgIpc) is 2.02. The van der Waals surface area contributed by atoms with Crippen LogP contribution < -0.4 is 5.32 Å². The van der Waals surface area contributed by atoms with E-state index >= 15 is 0 Å². The predicted molar refractivity (Wildman–Crippen MR) is 52.5 cm³/mol. The minimum absolute atomic E-state index is 0.0207. The summed E-state index contributed by atoms with van der Waals surface area (Å²) >= 11 is 0. The van der Waals surface area contributed by atoms with Crippen molar-refractivity contribution in [3.8, 4) is 11.8 Å². The highest BCUT2D eigenvalue weighted by atomic mass is 16.4. The summed E-state index contributed by atoms with van der Waals surface area (Å²) in [5.74, 6) is 4.18. The SMILES string of the molecule is CC#CCNC(=O)CC(C)CC(=O)O. The second-order valence-corrected chi connectivity index (χ2v) is 3.11. The molecule has 0 saturated heterocycles. The number of nitrogens with one attached hydrogen (secondary N) is 1. The molecule has 2 N–H and O–H groups in total. The highest BCUT2D eigenvalue weighted by Gasteiger charge is 2.11. The van der Waals surface area contributed by atoms with Crippen molar-refractivity contribution in [3.05, 3.63) is 0 Å². The first-order chi connectivity index (χ1) is 6.56. The van der Waals surface area contributed by atoms with E-state index in [1.807, 2.05) is 0 Å². The predicted octanol–water partition coefficient (Wildman–Crippen LogP) is 0.627. The number of aliphatic carboxylic acids is 1. The molecule has 0 aliphatic heterocycles. The number of carboxylic acid groups (broad SMARTS) is 1. The van der Waals surface area contributed by atoms with Gasteiger partial charge in [0.25, 0.3) is 0 Å². The molecular formula is C10H15NO3. The Bertz CT molecular complexity index is 262. The van der Waals surface area contributed by atoms with Crippen molar-refractivity contribution in [3.63, 3.8) is 0 Å². The fraction of sp³-hybridized carbons (Fsp3) is 0.600. The molecule has 0 aliphatic carbocycles. The molecule has 1 unspecified atom stereocenters. The van der Waals surface area contributed by atoms with E-state index in [9.17, 15) is 9.59 Å². The van der Waals surface area contributed by atoms with Gasteiger partial charge in [-0.25, -0.2) is 0 Å². The summed E-state index contributed by atoms with van der Waals surface area (Å²) in [6.45, 7) is 3.76. The number of carbonyl (C=O) groups excluding carboxylic acids is 1. The maximum Gasteiger partial charge on any atom is 0.303 e. The molecule has 0 aromatic heterocycles. The molecule has 0 rings (SSSR count). The number of hydrogen-bond acceptors (Lipinski definition) is 2. The van der Waals surface area contributed by atoms with Crippen molar-refractivity contribution < 1.29 is 14.7 Å². The molecule has 4 heteroatoms. The van der Waals surface area contributed by atoms with Gasteiger partial charge in [0.15, 0.2) is 0 Å². The topological polar surface area (TPSA) is 66.4 Å². The zero-order chi connectivity index (χ0) is 11.0. The van der Waals surface area contributed by atoms with Crippen LogP contribution in [0, 0.1) is 17.8 Å². The molecule has 1 amide bonds. The van der Waals surface area contributed by atoms with Gasteiger partial charge in [-0.3, -0.25) is 9.59 Å². The Morgan fingerprint density at radius 1 is 1.43 bits per heavy atom. The molecule has 4 nitrogen and oxygen atoms in total. The van der Waals surface area contributed by atoms with Crippen molar-refractivity contribution >= 4 is 11.9 Å². The van der Waals surface area contributed by atoms with Crippen LogP contribution in [0.4, 0.5) is 0 Å². The molecule has 0 spiro atoms. The van der Waals surface area contributed by atoms with Crippen LogP contribution in [0.2, 0.25) is 0 Å². The Morgan fingerprint density at radius 2 is 2.07 bits per heavy atom. The maximum atomic E-state index is 11.1. The molecular weight excluding hydrogens is 182 g/mol. The fourth-order valence-corrected chi connectivity index (χ4v) is 0.990. The molecule has 0 aromatic carbocycles. The maximum absolute atomic E-state index is 11.1. The van der Waals surface area contributed by atoms with Crippen LogP contribution in [0.3, 0.4) is 0 Å². The first-order valence-electron chi connectivity index (χ1n) is 4.44. The van der Waals surface area contributed by atoms with Crippen molar-refractivity contribution in [1.29, 1.82) is 0 Å². The van der Waals surface area contributed by atoms with E-state index in [4.69, 9.17) is 5.11 Å². The van der Waals surface area contributed by atoms with Gasteiger partial charge in [0.05, 0.1) is 6.54 Å². The third-order valence-electron chi connectivity index (χ3n) is 1.61. The lowest BCUT2D eigenvalue weighted by atomic mass is 10.0. The Kier molecular flexibility index (Phi) is 6.21. The molecule has 14 heavy (non-hydrogen) atoms. The monoisotopic (exact) mass is 197 g/mol. The van der Waals surface area contributed by atoms with Crippen LogP contribution in [0.1, 0.15) is 26.7 Å². The lowest BCUT2D eigenvalue weighted by Crippen LogP contribution is -2.25. The lowest BCUT2D eigenvalue weighted by molar-refractivity contribution is -0.138. The van der Waals surface area contributed by atoms with Crippen LogP contribution >= 0.6 is 0 Å². The molecule has 0 saturated carbocycles. The van der Waals surface area contributed by atoms with Crippen LogP contribution in [-0.2, 0) is 9.59 Å². The summed E-state index contributed by atoms with van der Waals surface area (Å²) in [5.41, 5.74) is 0. The average molecular weight is 197 g/mol. The lowest BCUT2D eigenvalue weighted by Gasteiger charge is -2.07. The highest BCUT2D eigenvalue weighted by molar-refractivity contribution is 5.77. The largest absolute Gasteiger partial charge is 0.481 e. The molecule has 0 aliphatic rings. The zero-order valence-corrected chi connectivity index (χ0v) is 8.46. The minimum Gasteiger partial charge on any atom is -0.481 e. The molecule has 0 bridgehead atoms. The van der Waals surface area contributed by atoms with Gasteiger partial charge in [0.2, 0.25) is 5.91 Å². The van der Waals surface area contributed by atoms with Crippen LogP contribution in [-0.4, -0.2) is 23.5 Å². The number of rotatable bonds is 5. The molecule has 78 valence electrons. The smallest absolute Gasteiger partial charge is 0.303 e. The summed E-state index contributed by atoms with van der Waals surface area (Å²) in [6, 6.07) is 0. The summed E-state index contributed by atoms with van der Waals surface area (Å²) in [5, 5.41) is 11.0. The van der Waals surface area contributed by atoms with Crippen molar-refractivity contribution in [2.24, 2.45) is 5.92 Å². The number of hydrogen-bond donors (Lipinski definition) is 2. The van der Waals surface area contributed by atoms with Crippen molar-refractivity contribution in [1.82, 2.24) is 5.32 Å². The molecule has 0 radical (unpaired) electrons. The van der Waals surface area contributed by atoms with E-state index in [-0.39, 0.29) is 24.7 Å². The van der Waals surface area contributed by atoms with E-state index in [0.29, 0.717) is 6.54 Å². The summed E-state index contributed by atoms with van der Waals surface area (Å²) in [6.07, 6.45) is 0.255. The van der Waals surface area contributed by atoms with Crippen LogP contribution in [0.15, 0.2) is 0 Å². The van der Waals surface area contributed by atoms with Gasteiger partial charge in [-0.1, -0.05) is 12.8 Å². The first-order valence-corrected chi connectivity index (χ1v) is 4.44. The summed E-state index contributed by atoms with van der Waals surface area (Å²) < 4.78 is 0. The number of amides is 1.